The van der Waals surface area contributed by atoms with Gasteiger partial charge in [-0.05, 0) is 61.6 Å². The van der Waals surface area contributed by atoms with Crippen LogP contribution in [0.25, 0.3) is 5.76 Å². The summed E-state index contributed by atoms with van der Waals surface area (Å²) >= 11 is 0. The largest absolute Gasteiger partial charge is 0.508 e. The van der Waals surface area contributed by atoms with Gasteiger partial charge in [0.15, 0.2) is 5.78 Å². The average molecular weight is 512 g/mol. The summed E-state index contributed by atoms with van der Waals surface area (Å²) in [7, 11) is 5.80. The number of phenols is 1. The summed E-state index contributed by atoms with van der Waals surface area (Å²) in [4.78, 5) is 54.9. The van der Waals surface area contributed by atoms with Crippen molar-refractivity contribution in [3.8, 4) is 5.75 Å². The summed E-state index contributed by atoms with van der Waals surface area (Å²) in [6, 6.07) is 0.102. The first-order valence-corrected chi connectivity index (χ1v) is 12.0. The van der Waals surface area contributed by atoms with Crippen LogP contribution in [-0.4, -0.2) is 77.0 Å². The summed E-state index contributed by atoms with van der Waals surface area (Å²) < 4.78 is 0. The quantitative estimate of drug-likeness (QED) is 0.282. The number of aromatic hydroxyl groups is 1. The predicted molar refractivity (Wildman–Crippen MR) is 133 cm³/mol. The van der Waals surface area contributed by atoms with E-state index in [4.69, 9.17) is 11.5 Å². The van der Waals surface area contributed by atoms with Crippen molar-refractivity contribution in [2.45, 2.75) is 36.9 Å². The first kappa shape index (κ1) is 24.9. The molecule has 0 saturated heterocycles. The van der Waals surface area contributed by atoms with Gasteiger partial charge in [-0.25, -0.2) is 0 Å². The Bertz CT molecular complexity index is 1350. The number of amides is 1. The molecular weight excluding hydrogens is 482 g/mol. The van der Waals surface area contributed by atoms with E-state index in [0.29, 0.717) is 5.56 Å². The van der Waals surface area contributed by atoms with E-state index in [-0.39, 0.29) is 35.8 Å². The number of benzene rings is 1. The van der Waals surface area contributed by atoms with Gasteiger partial charge in [-0.3, -0.25) is 14.4 Å². The number of rotatable bonds is 3. The molecule has 5 rings (SSSR count). The molecule has 0 spiro atoms. The van der Waals surface area contributed by atoms with Gasteiger partial charge < -0.3 is 36.6 Å². The van der Waals surface area contributed by atoms with E-state index in [2.05, 4.69) is 5.18 Å². The van der Waals surface area contributed by atoms with Gasteiger partial charge in [0.2, 0.25) is 11.3 Å². The number of carbonyl (C=O) groups is 3. The molecule has 1 aromatic carbocycles. The monoisotopic (exact) mass is 511 g/mol. The van der Waals surface area contributed by atoms with Gasteiger partial charge in [-0.15, -0.1) is 4.91 Å². The number of aliphatic hydroxyl groups excluding tert-OH is 2. The van der Waals surface area contributed by atoms with E-state index in [0.717, 1.165) is 24.2 Å². The minimum atomic E-state index is -2.59. The minimum Gasteiger partial charge on any atom is -0.508 e. The third-order valence-corrected chi connectivity index (χ3v) is 8.50. The molecule has 1 aromatic rings. The molecule has 12 heteroatoms. The van der Waals surface area contributed by atoms with Crippen molar-refractivity contribution in [1.29, 1.82) is 0 Å². The molecule has 1 amide bonds. The van der Waals surface area contributed by atoms with Gasteiger partial charge in [0.1, 0.15) is 22.8 Å². The Labute approximate surface area is 212 Å². The van der Waals surface area contributed by atoms with Crippen LogP contribution in [0.15, 0.2) is 28.1 Å². The zero-order chi connectivity index (χ0) is 27.1. The molecule has 196 valence electrons. The van der Waals surface area contributed by atoms with Gasteiger partial charge in [0, 0.05) is 36.8 Å². The molecule has 1 aliphatic heterocycles. The number of nitrogens with two attached hydrogens (primary N) is 2. The first-order valence-electron chi connectivity index (χ1n) is 12.0. The van der Waals surface area contributed by atoms with E-state index in [1.807, 2.05) is 30.9 Å². The lowest BCUT2D eigenvalue weighted by Crippen LogP contribution is -2.64. The highest BCUT2D eigenvalue weighted by Gasteiger charge is 2.65. The molecule has 0 aromatic heterocycles. The summed E-state index contributed by atoms with van der Waals surface area (Å²) in [5.41, 5.74) is 10.1. The fourth-order valence-electron chi connectivity index (χ4n) is 6.78. The number of fused-ring (bicyclic) bond motifs is 5. The number of nitroso groups, excluding NO2 is 1. The highest BCUT2D eigenvalue weighted by Crippen LogP contribution is 2.55. The molecule has 1 fully saturated rings. The number of hydrogen-bond acceptors (Lipinski definition) is 11. The van der Waals surface area contributed by atoms with Crippen LogP contribution in [0, 0.1) is 16.7 Å². The van der Waals surface area contributed by atoms with E-state index < -0.39 is 58.0 Å². The number of phenolic OH excluding ortho intramolecular Hbond substituents is 1. The Morgan fingerprint density at radius 2 is 1.92 bits per heavy atom. The maximum Gasteiger partial charge on any atom is 0.255 e. The fraction of sp³-hybridized carbons (Fsp3) is 0.480. The molecule has 3 aliphatic carbocycles. The normalized spacial score (nSPS) is 31.1. The molecule has 1 saturated carbocycles. The number of hydrogen-bond donors (Lipinski definition) is 5. The molecule has 1 heterocycles. The molecule has 4 aliphatic rings. The smallest absolute Gasteiger partial charge is 0.255 e. The van der Waals surface area contributed by atoms with Crippen LogP contribution in [0.2, 0.25) is 0 Å². The summed E-state index contributed by atoms with van der Waals surface area (Å²) in [6.45, 7) is 0.725. The molecule has 37 heavy (non-hydrogen) atoms. The molecule has 0 radical (unpaired) electrons. The van der Waals surface area contributed by atoms with Crippen LogP contribution in [0.1, 0.15) is 35.6 Å². The summed E-state index contributed by atoms with van der Waals surface area (Å²) in [6.07, 6.45) is 0.982. The lowest BCUT2D eigenvalue weighted by molar-refractivity contribution is -0.130. The second-order valence-electron chi connectivity index (χ2n) is 10.5. The summed E-state index contributed by atoms with van der Waals surface area (Å²) in [5.74, 6) is -7.22. The van der Waals surface area contributed by atoms with E-state index >= 15 is 0 Å². The van der Waals surface area contributed by atoms with E-state index in [1.165, 1.54) is 0 Å². The third kappa shape index (κ3) is 3.05. The topological polar surface area (TPSA) is 200 Å². The number of aliphatic hydroxyl groups is 2. The molecule has 12 nitrogen and oxygen atoms in total. The van der Waals surface area contributed by atoms with Crippen LogP contribution in [0.3, 0.4) is 0 Å². The van der Waals surface area contributed by atoms with Crippen LogP contribution >= 0.6 is 0 Å². The number of primary amides is 1. The Morgan fingerprint density at radius 1 is 1.24 bits per heavy atom. The maximum absolute atomic E-state index is 13.9. The second kappa shape index (κ2) is 8.12. The van der Waals surface area contributed by atoms with Gasteiger partial charge in [0.05, 0.1) is 11.6 Å². The lowest BCUT2D eigenvalue weighted by atomic mass is 9.56. The van der Waals surface area contributed by atoms with Gasteiger partial charge >= 0.3 is 0 Å². The number of ketones is 2. The lowest BCUT2D eigenvalue weighted by Gasteiger charge is -2.47. The molecule has 1 unspecified atom stereocenters. The second-order valence-corrected chi connectivity index (χ2v) is 10.5. The zero-order valence-corrected chi connectivity index (χ0v) is 20.7. The number of carbonyl (C=O) groups excluding carboxylic acids is 3. The Hall–Kier alpha value is -3.77. The number of Topliss-reactive ketones (excluding diaryl/α,β-unsaturated/α-hetero) is 2. The molecule has 5 atom stereocenters. The van der Waals surface area contributed by atoms with Crippen molar-refractivity contribution < 1.29 is 29.7 Å². The van der Waals surface area contributed by atoms with Crippen LogP contribution in [-0.2, 0) is 20.8 Å². The number of anilines is 1. The van der Waals surface area contributed by atoms with Crippen LogP contribution < -0.4 is 16.4 Å². The van der Waals surface area contributed by atoms with Crippen molar-refractivity contribution in [1.82, 2.24) is 4.90 Å². The van der Waals surface area contributed by atoms with Gasteiger partial charge in [-0.2, -0.15) is 0 Å². The van der Waals surface area contributed by atoms with Gasteiger partial charge in [0.25, 0.3) is 5.91 Å². The third-order valence-electron chi connectivity index (χ3n) is 8.50. The molecular formula is C25H29N5O7. The Kier molecular flexibility index (Phi) is 5.46. The standard InChI is InChI=1S/C25H29N5O7/c1-29(2)13-4-5-30(3)19-10(13)8-14(31)16-11(19)6-9-7-12-18(26)21(33)17(24(27)36)23(35)25(12,28-37)22(34)15(9)20(16)32/h8-9,12-13,18,31-32,35H,4-7,26H2,1-3H3,(H2,27,36)/t9-,12-,13?,18-,25-/m0/s1. The van der Waals surface area contributed by atoms with E-state index in [9.17, 15) is 34.6 Å². The Morgan fingerprint density at radius 3 is 2.51 bits per heavy atom. The highest BCUT2D eigenvalue weighted by atomic mass is 16.3. The van der Waals surface area contributed by atoms with E-state index in [1.54, 1.807) is 6.07 Å². The summed E-state index contributed by atoms with van der Waals surface area (Å²) in [5, 5.41) is 36.2. The zero-order valence-electron chi connectivity index (χ0n) is 20.7. The molecule has 7 N–H and O–H groups in total. The predicted octanol–water partition coefficient (Wildman–Crippen LogP) is 0.578. The first-order chi connectivity index (χ1) is 17.4. The van der Waals surface area contributed by atoms with Crippen molar-refractivity contribution in [3.63, 3.8) is 0 Å². The SMILES string of the molecule is CN1CCC(N(C)C)c2cc(O)c3c(c21)C[C@H]1C[C@H]2[C@H](N)C(=O)C(C(N)=O)=C(O)[C@@]2(N=O)C(=O)C1=C3O. The van der Waals surface area contributed by atoms with Crippen molar-refractivity contribution in [3.05, 3.63) is 44.6 Å². The van der Waals surface area contributed by atoms with Crippen LogP contribution in [0.4, 0.5) is 5.69 Å². The fourth-order valence-corrected chi connectivity index (χ4v) is 6.78. The maximum atomic E-state index is 13.9. The minimum absolute atomic E-state index is 0.0218. The average Bonchev–Trinajstić information content (AvgIpc) is 2.82. The van der Waals surface area contributed by atoms with Crippen molar-refractivity contribution in [2.24, 2.45) is 28.5 Å². The number of nitrogens with zero attached hydrogens (tertiary/aromatic N) is 3. The van der Waals surface area contributed by atoms with Crippen LogP contribution in [0.5, 0.6) is 5.75 Å². The van der Waals surface area contributed by atoms with Crippen molar-refractivity contribution >= 4 is 28.9 Å². The van der Waals surface area contributed by atoms with Gasteiger partial charge in [-0.1, -0.05) is 0 Å². The highest BCUT2D eigenvalue weighted by molar-refractivity contribution is 6.24. The Balaban J connectivity index is 1.76. The molecule has 0 bridgehead atoms. The van der Waals surface area contributed by atoms with Crippen molar-refractivity contribution in [2.75, 3.05) is 32.6 Å².